The van der Waals surface area contributed by atoms with Crippen molar-refractivity contribution in [3.8, 4) is 0 Å². The van der Waals surface area contributed by atoms with E-state index in [1.165, 1.54) is 0 Å². The van der Waals surface area contributed by atoms with Crippen LogP contribution >= 0.6 is 0 Å². The van der Waals surface area contributed by atoms with Gasteiger partial charge < -0.3 is 126 Å². The van der Waals surface area contributed by atoms with Crippen LogP contribution in [0.2, 0.25) is 0 Å². The normalized spacial score (nSPS) is 36.3. The summed E-state index contributed by atoms with van der Waals surface area (Å²) < 4.78 is 33.2. The lowest BCUT2D eigenvalue weighted by molar-refractivity contribution is -0.376. The molecule has 1 unspecified atom stereocenters. The van der Waals surface area contributed by atoms with Crippen molar-refractivity contribution in [1.29, 1.82) is 0 Å². The Kier molecular flexibility index (Phi) is 20.9. The summed E-state index contributed by atoms with van der Waals surface area (Å²) in [6.07, 6.45) is -37.2. The van der Waals surface area contributed by atoms with E-state index in [4.69, 9.17) is 28.4 Å². The van der Waals surface area contributed by atoms with Gasteiger partial charge in [-0.05, 0) is 0 Å². The monoisotopic (exact) mass is 967 g/mol. The van der Waals surface area contributed by atoms with Gasteiger partial charge in [0, 0.05) is 33.6 Å². The Morgan fingerprint density at radius 1 is 0.667 bits per heavy atom. The summed E-state index contributed by atoms with van der Waals surface area (Å²) in [5.41, 5.74) is 0. The highest BCUT2D eigenvalue weighted by molar-refractivity contribution is 5.77. The number of amides is 3. The van der Waals surface area contributed by atoms with Crippen molar-refractivity contribution < 1.29 is 134 Å². The number of aliphatic hydroxyl groups excluding tert-OH is 14. The zero-order valence-corrected chi connectivity index (χ0v) is 35.6. The Hall–Kier alpha value is -3.45. The van der Waals surface area contributed by atoms with Crippen molar-refractivity contribution in [2.75, 3.05) is 33.0 Å². The third-order valence-electron chi connectivity index (χ3n) is 11.0. The molecule has 66 heavy (non-hydrogen) atoms. The van der Waals surface area contributed by atoms with Crippen LogP contribution in [0.15, 0.2) is 0 Å². The lowest BCUT2D eigenvalue weighted by Gasteiger charge is -2.50. The summed E-state index contributed by atoms with van der Waals surface area (Å²) in [5, 5.41) is 176. The van der Waals surface area contributed by atoms with Crippen LogP contribution in [-0.2, 0) is 52.4 Å². The van der Waals surface area contributed by atoms with Crippen LogP contribution in [0.25, 0.3) is 0 Å². The number of rotatable bonds is 23. The van der Waals surface area contributed by atoms with Gasteiger partial charge in [0.05, 0.1) is 63.4 Å². The first-order chi connectivity index (χ1) is 30.7. The molecule has 3 aliphatic heterocycles. The molecule has 0 aromatic heterocycles. The quantitative estimate of drug-likeness (QED) is 0.0452. The van der Waals surface area contributed by atoms with Crippen molar-refractivity contribution in [1.82, 2.24) is 16.0 Å². The first kappa shape index (κ1) is 56.9. The molecule has 21 atom stereocenters. The third kappa shape index (κ3) is 13.2. The summed E-state index contributed by atoms with van der Waals surface area (Å²) in [7, 11) is 0. The number of hydrogen-bond donors (Lipinski definition) is 19. The molecule has 3 saturated heterocycles. The fraction of sp³-hybridized carbons (Fsp3) is 0.861. The number of carbonyl (C=O) groups excluding carboxylic acids is 3. The molecular formula is C36H61N3O27. The molecule has 3 aliphatic rings. The Labute approximate surface area is 373 Å². The van der Waals surface area contributed by atoms with E-state index in [1.807, 2.05) is 0 Å². The van der Waals surface area contributed by atoms with Crippen LogP contribution in [0.5, 0.6) is 0 Å². The molecule has 30 nitrogen and oxygen atoms in total. The molecule has 19 N–H and O–H groups in total. The van der Waals surface area contributed by atoms with Crippen LogP contribution in [0.3, 0.4) is 0 Å². The largest absolute Gasteiger partial charge is 0.477 e. The lowest BCUT2D eigenvalue weighted by atomic mass is 9.88. The molecule has 0 aromatic rings. The number of aliphatic carboxylic acids is 2. The number of nitrogens with one attached hydrogen (secondary N) is 3. The van der Waals surface area contributed by atoms with E-state index < -0.39 is 203 Å². The van der Waals surface area contributed by atoms with E-state index >= 15 is 0 Å². The Morgan fingerprint density at radius 3 is 1.55 bits per heavy atom. The first-order valence-corrected chi connectivity index (χ1v) is 20.3. The van der Waals surface area contributed by atoms with Gasteiger partial charge in [0.1, 0.15) is 79.4 Å². The molecule has 0 spiro atoms. The predicted molar refractivity (Wildman–Crippen MR) is 205 cm³/mol. The summed E-state index contributed by atoms with van der Waals surface area (Å²) in [5.74, 6) is -13.0. The molecule has 0 radical (unpaired) electrons. The molecule has 0 saturated carbocycles. The van der Waals surface area contributed by atoms with Gasteiger partial charge in [-0.15, -0.1) is 0 Å². The molecule has 382 valence electrons. The highest BCUT2D eigenvalue weighted by Crippen LogP contribution is 2.38. The Balaban J connectivity index is 2.00. The van der Waals surface area contributed by atoms with Crippen LogP contribution in [0, 0.1) is 0 Å². The maximum atomic E-state index is 12.9. The van der Waals surface area contributed by atoms with Gasteiger partial charge in [-0.1, -0.05) is 0 Å². The fourth-order valence-corrected chi connectivity index (χ4v) is 7.65. The van der Waals surface area contributed by atoms with E-state index in [9.17, 15) is 106 Å². The molecule has 3 rings (SSSR count). The van der Waals surface area contributed by atoms with E-state index in [0.29, 0.717) is 0 Å². The van der Waals surface area contributed by atoms with Crippen molar-refractivity contribution >= 4 is 29.7 Å². The van der Waals surface area contributed by atoms with Crippen LogP contribution < -0.4 is 16.0 Å². The van der Waals surface area contributed by atoms with Crippen molar-refractivity contribution in [2.24, 2.45) is 0 Å². The molecule has 3 fully saturated rings. The number of hydrogen-bond acceptors (Lipinski definition) is 25. The third-order valence-corrected chi connectivity index (χ3v) is 11.0. The highest BCUT2D eigenvalue weighted by atomic mass is 16.8. The van der Waals surface area contributed by atoms with Crippen LogP contribution in [0.1, 0.15) is 33.6 Å². The Morgan fingerprint density at radius 2 is 1.14 bits per heavy atom. The topological polar surface area (TPSA) is 500 Å². The molecule has 0 bridgehead atoms. The second kappa shape index (κ2) is 24.2. The number of aliphatic hydroxyl groups is 14. The number of carboxylic acid groups (broad SMARTS) is 2. The van der Waals surface area contributed by atoms with Gasteiger partial charge in [0.2, 0.25) is 17.7 Å². The zero-order chi connectivity index (χ0) is 50.2. The van der Waals surface area contributed by atoms with Crippen molar-refractivity contribution in [2.45, 2.75) is 161 Å². The van der Waals surface area contributed by atoms with E-state index in [2.05, 4.69) is 16.0 Å². The average molecular weight is 968 g/mol. The minimum Gasteiger partial charge on any atom is -0.477 e. The van der Waals surface area contributed by atoms with E-state index in [-0.39, 0.29) is 0 Å². The second-order valence-corrected chi connectivity index (χ2v) is 16.0. The smallest absolute Gasteiger partial charge is 0.364 e. The minimum absolute atomic E-state index is 0.808. The summed E-state index contributed by atoms with van der Waals surface area (Å²) in [6.45, 7) is -3.00. The van der Waals surface area contributed by atoms with Crippen LogP contribution in [-0.4, -0.2) is 272 Å². The van der Waals surface area contributed by atoms with E-state index in [0.717, 1.165) is 20.8 Å². The first-order valence-electron chi connectivity index (χ1n) is 20.3. The molecule has 0 aromatic carbocycles. The van der Waals surface area contributed by atoms with Gasteiger partial charge in [-0.3, -0.25) is 14.4 Å². The number of carbonyl (C=O) groups is 5. The molecule has 3 heterocycles. The molecule has 0 aliphatic carbocycles. The van der Waals surface area contributed by atoms with E-state index in [1.54, 1.807) is 0 Å². The van der Waals surface area contributed by atoms with Gasteiger partial charge in [-0.2, -0.15) is 0 Å². The highest BCUT2D eigenvalue weighted by Gasteiger charge is 2.60. The summed E-state index contributed by atoms with van der Waals surface area (Å²) >= 11 is 0. The van der Waals surface area contributed by atoms with Gasteiger partial charge in [-0.25, -0.2) is 9.59 Å². The molecule has 30 heteroatoms. The van der Waals surface area contributed by atoms with Gasteiger partial charge >= 0.3 is 11.9 Å². The molecule has 3 amide bonds. The fourth-order valence-electron chi connectivity index (χ4n) is 7.65. The SMILES string of the molecule is CC(=O)N[C@H]1[C@H]([C@H](O)[C@H](O)CO)O[C@@](O[C@H]2[C@@H](O)[C@@H](CO)OC(O[C@@H]([C@@H](O)[C@H](O)CO[C@]3(C(=O)O)C[C@H](O)[C@@H](NC(C)=O)[C@H]([C@H](O)[C@H](O)CO)O3)[C@H](CO)NC(C)=O)[C@@H]2O)(C(=O)O)C[C@@H]1O. The van der Waals surface area contributed by atoms with Gasteiger partial charge in [0.15, 0.2) is 6.29 Å². The van der Waals surface area contributed by atoms with Crippen molar-refractivity contribution in [3.63, 3.8) is 0 Å². The maximum absolute atomic E-state index is 12.9. The Bertz CT molecular complexity index is 1630. The summed E-state index contributed by atoms with van der Waals surface area (Å²) in [6, 6.07) is -5.10. The predicted octanol–water partition coefficient (Wildman–Crippen LogP) is -11.3. The summed E-state index contributed by atoms with van der Waals surface area (Å²) in [4.78, 5) is 61.6. The number of carboxylic acids is 2. The standard InChI is InChI=1S/C36H61N3O27/c1-11(44)37-14(6-40)28(25(54)19(51)10-61-35(33(57)58)4-15(47)21(38-12(2)45)29(64-35)23(52)17(49)7-41)63-32-27(56)31(26(55)20(9-43)62-32)66-36(34(59)60)5-16(48)22(39-13(3)46)30(65-36)24(53)18(50)8-42/h14-32,40-43,47-56H,4-10H2,1-3H3,(H,37,44)(H,38,45)(H,39,46)(H,57,58)(H,59,60)/t14-,15-,16-,17+,18+,19+,20+,21+,22+,23+,24+,25-,26-,27+,28+,29+,30+,31-,32?,35+,36-/m0/s1. The molecular weight excluding hydrogens is 906 g/mol. The van der Waals surface area contributed by atoms with Crippen LogP contribution in [0.4, 0.5) is 0 Å². The minimum atomic E-state index is -3.22. The second-order valence-electron chi connectivity index (χ2n) is 16.0. The van der Waals surface area contributed by atoms with Crippen molar-refractivity contribution in [3.05, 3.63) is 0 Å². The number of ether oxygens (including phenoxy) is 6. The maximum Gasteiger partial charge on any atom is 0.364 e. The zero-order valence-electron chi connectivity index (χ0n) is 35.6. The van der Waals surface area contributed by atoms with Gasteiger partial charge in [0.25, 0.3) is 11.6 Å². The average Bonchev–Trinajstić information content (AvgIpc) is 3.25. The lowest BCUT2D eigenvalue weighted by Crippen LogP contribution is -2.70.